The number of hydrogen-bond donors (Lipinski definition) is 0. The molecule has 3 heteroatoms. The Bertz CT molecular complexity index is 1220. The third-order valence-electron chi connectivity index (χ3n) is 6.96. The molecule has 176 valence electrons. The number of carbonyl (C=O) groups is 1. The van der Waals surface area contributed by atoms with Crippen LogP contribution in [0.2, 0.25) is 0 Å². The van der Waals surface area contributed by atoms with E-state index in [1.165, 1.54) is 22.5 Å². The number of hydrogen-bond acceptors (Lipinski definition) is 2. The van der Waals surface area contributed by atoms with Crippen LogP contribution >= 0.6 is 0 Å². The maximum Gasteiger partial charge on any atom is 0.230 e. The van der Waals surface area contributed by atoms with Crippen LogP contribution in [0.25, 0.3) is 0 Å². The number of carbonyl (C=O) groups excluding carboxylic acids is 1. The van der Waals surface area contributed by atoms with E-state index in [-0.39, 0.29) is 11.8 Å². The van der Waals surface area contributed by atoms with Gasteiger partial charge >= 0.3 is 0 Å². The van der Waals surface area contributed by atoms with Gasteiger partial charge < -0.3 is 9.80 Å². The lowest BCUT2D eigenvalue weighted by Gasteiger charge is -2.28. The lowest BCUT2D eigenvalue weighted by molar-refractivity contribution is -0.120. The summed E-state index contributed by atoms with van der Waals surface area (Å²) < 4.78 is 0. The third kappa shape index (κ3) is 5.46. The maximum absolute atomic E-state index is 13.1. The molecule has 3 nitrogen and oxygen atoms in total. The smallest absolute Gasteiger partial charge is 0.230 e. The zero-order valence-corrected chi connectivity index (χ0v) is 20.1. The first-order chi connectivity index (χ1) is 17.3. The minimum atomic E-state index is 0.0813. The second kappa shape index (κ2) is 11.1. The minimum Gasteiger partial charge on any atom is -0.341 e. The Morgan fingerprint density at radius 2 is 1.34 bits per heavy atom. The summed E-state index contributed by atoms with van der Waals surface area (Å²) in [6.07, 6.45) is 3.66. The predicted molar refractivity (Wildman–Crippen MR) is 145 cm³/mol. The Hall–Kier alpha value is -3.85. The van der Waals surface area contributed by atoms with Crippen LogP contribution in [-0.2, 0) is 17.6 Å². The van der Waals surface area contributed by atoms with Gasteiger partial charge in [0.25, 0.3) is 0 Å². The average Bonchev–Trinajstić information content (AvgIpc) is 3.30. The van der Waals surface area contributed by atoms with Gasteiger partial charge in [-0.1, -0.05) is 84.9 Å². The topological polar surface area (TPSA) is 23.6 Å². The van der Waals surface area contributed by atoms with Crippen LogP contribution in [0.5, 0.6) is 0 Å². The molecule has 0 bridgehead atoms. The van der Waals surface area contributed by atoms with Gasteiger partial charge in [-0.15, -0.1) is 0 Å². The van der Waals surface area contributed by atoms with Crippen LogP contribution in [0.15, 0.2) is 115 Å². The molecule has 1 amide bonds. The second-order valence-corrected chi connectivity index (χ2v) is 9.20. The molecular formula is C32H32N2O. The van der Waals surface area contributed by atoms with Gasteiger partial charge in [0.2, 0.25) is 5.91 Å². The van der Waals surface area contributed by atoms with Crippen molar-refractivity contribution in [1.82, 2.24) is 0 Å². The Kier molecular flexibility index (Phi) is 7.24. The van der Waals surface area contributed by atoms with Crippen LogP contribution in [0, 0.1) is 5.92 Å². The van der Waals surface area contributed by atoms with E-state index in [1.54, 1.807) is 0 Å². The summed E-state index contributed by atoms with van der Waals surface area (Å²) in [5.74, 6) is 0.343. The first kappa shape index (κ1) is 22.9. The summed E-state index contributed by atoms with van der Waals surface area (Å²) in [6.45, 7) is 1.71. The predicted octanol–water partition coefficient (Wildman–Crippen LogP) is 7.05. The first-order valence-electron chi connectivity index (χ1n) is 12.6. The van der Waals surface area contributed by atoms with Crippen molar-refractivity contribution >= 4 is 23.0 Å². The molecule has 1 fully saturated rings. The van der Waals surface area contributed by atoms with Crippen LogP contribution in [-0.4, -0.2) is 19.0 Å². The molecule has 0 spiro atoms. The Labute approximate surface area is 208 Å². The number of amides is 1. The molecule has 4 aromatic carbocycles. The molecule has 0 aromatic heterocycles. The average molecular weight is 461 g/mol. The molecule has 1 heterocycles. The minimum absolute atomic E-state index is 0.0813. The van der Waals surface area contributed by atoms with Gasteiger partial charge in [-0.05, 0) is 67.1 Å². The molecule has 5 rings (SSSR count). The molecule has 35 heavy (non-hydrogen) atoms. The zero-order valence-electron chi connectivity index (χ0n) is 20.1. The Morgan fingerprint density at radius 1 is 0.714 bits per heavy atom. The summed E-state index contributed by atoms with van der Waals surface area (Å²) in [5.41, 5.74) is 6.08. The fourth-order valence-electron chi connectivity index (χ4n) is 5.07. The fourth-order valence-corrected chi connectivity index (χ4v) is 5.07. The van der Waals surface area contributed by atoms with E-state index in [0.717, 1.165) is 44.5 Å². The molecule has 0 N–H and O–H groups in total. The standard InChI is InChI=1S/C32H32N2O/c35-32-28(23-25-34(32)30-17-8-3-9-18-30)21-20-27-14-10-11-19-31(27)33(29-15-6-2-7-16-29)24-22-26-12-4-1-5-13-26/h1-19,28H,20-25H2. The molecule has 1 unspecified atom stereocenters. The van der Waals surface area contributed by atoms with Crippen molar-refractivity contribution in [2.24, 2.45) is 5.92 Å². The van der Waals surface area contributed by atoms with Crippen LogP contribution < -0.4 is 9.80 Å². The van der Waals surface area contributed by atoms with Crippen LogP contribution in [0.4, 0.5) is 17.1 Å². The number of nitrogens with zero attached hydrogens (tertiary/aromatic N) is 2. The van der Waals surface area contributed by atoms with Crippen molar-refractivity contribution in [3.8, 4) is 0 Å². The summed E-state index contributed by atoms with van der Waals surface area (Å²) in [4.78, 5) is 17.5. The normalized spacial score (nSPS) is 15.4. The number of benzene rings is 4. The molecule has 1 aliphatic heterocycles. The van der Waals surface area contributed by atoms with Crippen molar-refractivity contribution < 1.29 is 4.79 Å². The SMILES string of the molecule is O=C1C(CCc2ccccc2N(CCc2ccccc2)c2ccccc2)CCN1c1ccccc1. The first-order valence-corrected chi connectivity index (χ1v) is 12.6. The number of anilines is 3. The molecule has 0 aliphatic carbocycles. The zero-order chi connectivity index (χ0) is 23.9. The number of rotatable bonds is 9. The lowest BCUT2D eigenvalue weighted by Crippen LogP contribution is -2.27. The van der Waals surface area contributed by atoms with E-state index < -0.39 is 0 Å². The monoisotopic (exact) mass is 460 g/mol. The molecule has 0 saturated carbocycles. The van der Waals surface area contributed by atoms with Gasteiger partial charge in [-0.3, -0.25) is 4.79 Å². The van der Waals surface area contributed by atoms with Gasteiger partial charge in [0.05, 0.1) is 0 Å². The van der Waals surface area contributed by atoms with E-state index in [4.69, 9.17) is 0 Å². The van der Waals surface area contributed by atoms with Crippen LogP contribution in [0.3, 0.4) is 0 Å². The summed E-state index contributed by atoms with van der Waals surface area (Å²) in [6, 6.07) is 40.0. The quantitative estimate of drug-likeness (QED) is 0.267. The summed E-state index contributed by atoms with van der Waals surface area (Å²) in [7, 11) is 0. The van der Waals surface area contributed by atoms with Crippen molar-refractivity contribution in [2.75, 3.05) is 22.9 Å². The molecular weight excluding hydrogens is 428 g/mol. The lowest BCUT2D eigenvalue weighted by atomic mass is 9.96. The van der Waals surface area contributed by atoms with Crippen molar-refractivity contribution in [2.45, 2.75) is 25.7 Å². The molecule has 1 atom stereocenters. The molecule has 0 radical (unpaired) electrons. The van der Waals surface area contributed by atoms with Gasteiger partial charge in [-0.2, -0.15) is 0 Å². The van der Waals surface area contributed by atoms with E-state index in [0.29, 0.717) is 0 Å². The molecule has 1 aliphatic rings. The van der Waals surface area contributed by atoms with E-state index in [2.05, 4.69) is 89.8 Å². The molecule has 4 aromatic rings. The van der Waals surface area contributed by atoms with Gasteiger partial charge in [0.15, 0.2) is 0 Å². The van der Waals surface area contributed by atoms with Gasteiger partial charge in [-0.25, -0.2) is 0 Å². The Morgan fingerprint density at radius 3 is 2.09 bits per heavy atom. The summed E-state index contributed by atoms with van der Waals surface area (Å²) in [5, 5.41) is 0. The highest BCUT2D eigenvalue weighted by molar-refractivity contribution is 5.97. The van der Waals surface area contributed by atoms with Gasteiger partial charge in [0.1, 0.15) is 0 Å². The van der Waals surface area contributed by atoms with Crippen molar-refractivity contribution in [3.05, 3.63) is 126 Å². The van der Waals surface area contributed by atoms with E-state index in [9.17, 15) is 4.79 Å². The third-order valence-corrected chi connectivity index (χ3v) is 6.96. The largest absolute Gasteiger partial charge is 0.341 e. The van der Waals surface area contributed by atoms with Crippen LogP contribution in [0.1, 0.15) is 24.0 Å². The van der Waals surface area contributed by atoms with Crippen molar-refractivity contribution in [1.29, 1.82) is 0 Å². The van der Waals surface area contributed by atoms with Gasteiger partial charge in [0, 0.05) is 36.1 Å². The maximum atomic E-state index is 13.1. The highest BCUT2D eigenvalue weighted by atomic mass is 16.2. The number of para-hydroxylation sites is 3. The highest BCUT2D eigenvalue weighted by Crippen LogP contribution is 2.32. The van der Waals surface area contributed by atoms with Crippen molar-refractivity contribution in [3.63, 3.8) is 0 Å². The second-order valence-electron chi connectivity index (χ2n) is 9.20. The van der Waals surface area contributed by atoms with E-state index in [1.807, 2.05) is 35.2 Å². The highest BCUT2D eigenvalue weighted by Gasteiger charge is 2.32. The Balaban J connectivity index is 1.33. The summed E-state index contributed by atoms with van der Waals surface area (Å²) >= 11 is 0. The number of aryl methyl sites for hydroxylation is 1. The van der Waals surface area contributed by atoms with E-state index >= 15 is 0 Å². The molecule has 1 saturated heterocycles. The fraction of sp³-hybridized carbons (Fsp3) is 0.219.